The van der Waals surface area contributed by atoms with Crippen molar-refractivity contribution in [2.45, 2.75) is 18.2 Å². The third kappa shape index (κ3) is 2.63. The minimum atomic E-state index is 0.178. The van der Waals surface area contributed by atoms with Gasteiger partial charge in [0, 0.05) is 28.8 Å². The first-order valence-electron chi connectivity index (χ1n) is 5.79. The van der Waals surface area contributed by atoms with E-state index in [4.69, 9.17) is 10.4 Å². The average Bonchev–Trinajstić information content (AvgIpc) is 2.39. The van der Waals surface area contributed by atoms with Gasteiger partial charge in [0.25, 0.3) is 0 Å². The van der Waals surface area contributed by atoms with Crippen molar-refractivity contribution >= 4 is 22.7 Å². The summed E-state index contributed by atoms with van der Waals surface area (Å²) in [5, 5.41) is 19.0. The van der Waals surface area contributed by atoms with Gasteiger partial charge in [-0.25, -0.2) is 0 Å². The summed E-state index contributed by atoms with van der Waals surface area (Å²) in [6, 6.07) is 8.24. The molecule has 0 fully saturated rings. The molecule has 3 nitrogen and oxygen atoms in total. The van der Waals surface area contributed by atoms with E-state index in [0.717, 1.165) is 33.5 Å². The molecule has 2 aromatic rings. The van der Waals surface area contributed by atoms with Gasteiger partial charge in [0.1, 0.15) is 6.07 Å². The van der Waals surface area contributed by atoms with Crippen LogP contribution in [0.3, 0.4) is 0 Å². The van der Waals surface area contributed by atoms with Gasteiger partial charge in [0.2, 0.25) is 0 Å². The molecule has 0 spiro atoms. The van der Waals surface area contributed by atoms with E-state index < -0.39 is 0 Å². The van der Waals surface area contributed by atoms with Gasteiger partial charge < -0.3 is 5.11 Å². The van der Waals surface area contributed by atoms with Crippen LogP contribution < -0.4 is 0 Å². The molecular formula is C14H14N2OS. The molecule has 0 unspecified atom stereocenters. The maximum atomic E-state index is 9.15. The number of pyridine rings is 1. The summed E-state index contributed by atoms with van der Waals surface area (Å²) >= 11 is 1.61. The molecule has 0 atom stereocenters. The zero-order chi connectivity index (χ0) is 13.0. The molecule has 4 heteroatoms. The topological polar surface area (TPSA) is 56.9 Å². The number of aryl methyl sites for hydroxylation is 1. The predicted molar refractivity (Wildman–Crippen MR) is 73.6 cm³/mol. The van der Waals surface area contributed by atoms with Gasteiger partial charge in [-0.2, -0.15) is 5.26 Å². The van der Waals surface area contributed by atoms with Gasteiger partial charge in [0.05, 0.1) is 11.1 Å². The van der Waals surface area contributed by atoms with Crippen LogP contribution in [0.5, 0.6) is 0 Å². The molecule has 1 aromatic carbocycles. The first-order valence-corrected chi connectivity index (χ1v) is 6.78. The fraction of sp³-hybridized carbons (Fsp3) is 0.286. The molecule has 0 saturated heterocycles. The number of aromatic nitrogens is 1. The van der Waals surface area contributed by atoms with E-state index >= 15 is 0 Å². The molecule has 0 bridgehead atoms. The summed E-state index contributed by atoms with van der Waals surface area (Å²) in [4.78, 5) is 5.27. The number of hydrogen-bond acceptors (Lipinski definition) is 4. The number of aliphatic hydroxyl groups is 1. The van der Waals surface area contributed by atoms with Crippen LogP contribution in [0.25, 0.3) is 10.9 Å². The number of fused-ring (bicyclic) bond motifs is 1. The fourth-order valence-corrected chi connectivity index (χ4v) is 2.81. The molecular weight excluding hydrogens is 244 g/mol. The van der Waals surface area contributed by atoms with Crippen molar-refractivity contribution in [3.8, 4) is 6.07 Å². The van der Waals surface area contributed by atoms with E-state index in [1.54, 1.807) is 18.0 Å². The number of hydrogen-bond donors (Lipinski definition) is 1. The smallest absolute Gasteiger partial charge is 0.102 e. The monoisotopic (exact) mass is 258 g/mol. The summed E-state index contributed by atoms with van der Waals surface area (Å²) in [5.41, 5.74) is 2.67. The highest BCUT2D eigenvalue weighted by molar-refractivity contribution is 7.99. The molecule has 18 heavy (non-hydrogen) atoms. The van der Waals surface area contributed by atoms with E-state index in [1.807, 2.05) is 19.1 Å². The highest BCUT2D eigenvalue weighted by Gasteiger charge is 2.09. The average molecular weight is 258 g/mol. The molecule has 0 amide bonds. The predicted octanol–water partition coefficient (Wildman–Crippen LogP) is 2.89. The lowest BCUT2D eigenvalue weighted by Gasteiger charge is -2.08. The van der Waals surface area contributed by atoms with Crippen molar-refractivity contribution in [1.29, 1.82) is 5.26 Å². The Labute approximate surface area is 110 Å². The van der Waals surface area contributed by atoms with Gasteiger partial charge in [0.15, 0.2) is 0 Å². The lowest BCUT2D eigenvalue weighted by molar-refractivity contribution is 0.296. The second-order valence-corrected chi connectivity index (χ2v) is 5.16. The molecule has 0 saturated carbocycles. The molecule has 1 aromatic heterocycles. The van der Waals surface area contributed by atoms with Crippen molar-refractivity contribution < 1.29 is 5.11 Å². The lowest BCUT2D eigenvalue weighted by atomic mass is 10.1. The van der Waals surface area contributed by atoms with Crippen molar-refractivity contribution in [3.05, 3.63) is 35.5 Å². The van der Waals surface area contributed by atoms with Crippen molar-refractivity contribution in [2.24, 2.45) is 0 Å². The van der Waals surface area contributed by atoms with E-state index in [1.165, 1.54) is 0 Å². The molecule has 0 aliphatic carbocycles. The quantitative estimate of drug-likeness (QED) is 0.676. The Morgan fingerprint density at radius 3 is 3.00 bits per heavy atom. The SMILES string of the molecule is Cc1ccc2ncc(C#N)c(SCCCO)c2c1. The summed E-state index contributed by atoms with van der Waals surface area (Å²) in [7, 11) is 0. The van der Waals surface area contributed by atoms with Crippen LogP contribution in [0.1, 0.15) is 17.5 Å². The first-order chi connectivity index (χ1) is 8.76. The summed E-state index contributed by atoms with van der Waals surface area (Å²) < 4.78 is 0. The fourth-order valence-electron chi connectivity index (χ4n) is 1.76. The van der Waals surface area contributed by atoms with Gasteiger partial charge in [-0.1, -0.05) is 11.6 Å². The van der Waals surface area contributed by atoms with Crippen LogP contribution in [0.4, 0.5) is 0 Å². The van der Waals surface area contributed by atoms with Crippen LogP contribution in [0.2, 0.25) is 0 Å². The molecule has 2 rings (SSSR count). The Kier molecular flexibility index (Phi) is 4.19. The van der Waals surface area contributed by atoms with Crippen LogP contribution in [0.15, 0.2) is 29.3 Å². The van der Waals surface area contributed by atoms with Gasteiger partial charge in [-0.3, -0.25) is 4.98 Å². The van der Waals surface area contributed by atoms with Crippen molar-refractivity contribution in [3.63, 3.8) is 0 Å². The van der Waals surface area contributed by atoms with Crippen LogP contribution in [-0.2, 0) is 0 Å². The summed E-state index contributed by atoms with van der Waals surface area (Å²) in [6.07, 6.45) is 2.35. The number of rotatable bonds is 4. The van der Waals surface area contributed by atoms with E-state index in [-0.39, 0.29) is 6.61 Å². The molecule has 1 heterocycles. The molecule has 1 N–H and O–H groups in total. The molecule has 0 aliphatic heterocycles. The lowest BCUT2D eigenvalue weighted by Crippen LogP contribution is -1.92. The van der Waals surface area contributed by atoms with Gasteiger partial charge >= 0.3 is 0 Å². The minimum Gasteiger partial charge on any atom is -0.396 e. The van der Waals surface area contributed by atoms with Gasteiger partial charge in [-0.15, -0.1) is 11.8 Å². The third-order valence-corrected chi connectivity index (χ3v) is 3.86. The number of benzene rings is 1. The maximum Gasteiger partial charge on any atom is 0.102 e. The Morgan fingerprint density at radius 2 is 2.28 bits per heavy atom. The second kappa shape index (κ2) is 5.85. The Morgan fingerprint density at radius 1 is 1.44 bits per heavy atom. The maximum absolute atomic E-state index is 9.15. The van der Waals surface area contributed by atoms with Crippen LogP contribution in [-0.4, -0.2) is 22.5 Å². The van der Waals surface area contributed by atoms with Crippen molar-refractivity contribution in [1.82, 2.24) is 4.98 Å². The van der Waals surface area contributed by atoms with Crippen LogP contribution in [0, 0.1) is 18.3 Å². The minimum absolute atomic E-state index is 0.178. The highest BCUT2D eigenvalue weighted by atomic mass is 32.2. The number of nitrogens with zero attached hydrogens (tertiary/aromatic N) is 2. The second-order valence-electron chi connectivity index (χ2n) is 4.06. The highest BCUT2D eigenvalue weighted by Crippen LogP contribution is 2.31. The zero-order valence-electron chi connectivity index (χ0n) is 10.2. The summed E-state index contributed by atoms with van der Waals surface area (Å²) in [6.45, 7) is 2.21. The Hall–Kier alpha value is -1.57. The summed E-state index contributed by atoms with van der Waals surface area (Å²) in [5.74, 6) is 0.804. The Balaban J connectivity index is 2.50. The zero-order valence-corrected chi connectivity index (χ0v) is 11.0. The molecule has 0 radical (unpaired) electrons. The normalized spacial score (nSPS) is 10.5. The number of aliphatic hydroxyl groups excluding tert-OH is 1. The Bertz CT molecular complexity index is 605. The molecule has 92 valence electrons. The molecule has 0 aliphatic rings. The number of nitriles is 1. The van der Waals surface area contributed by atoms with Crippen LogP contribution >= 0.6 is 11.8 Å². The van der Waals surface area contributed by atoms with E-state index in [9.17, 15) is 0 Å². The van der Waals surface area contributed by atoms with Gasteiger partial charge in [-0.05, 0) is 25.5 Å². The first kappa shape index (κ1) is 12.9. The largest absolute Gasteiger partial charge is 0.396 e. The standard InChI is InChI=1S/C14H14N2OS/c1-10-3-4-13-12(7-10)14(18-6-2-5-17)11(8-15)9-16-13/h3-4,7,9,17H,2,5-6H2,1H3. The van der Waals surface area contributed by atoms with E-state index in [0.29, 0.717) is 5.56 Å². The van der Waals surface area contributed by atoms with E-state index in [2.05, 4.69) is 17.1 Å². The number of thioether (sulfide) groups is 1. The third-order valence-electron chi connectivity index (χ3n) is 2.64. The van der Waals surface area contributed by atoms with Crippen molar-refractivity contribution in [2.75, 3.05) is 12.4 Å².